The average Bonchev–Trinajstić information content (AvgIpc) is 2.79. The first kappa shape index (κ1) is 20.2. The average molecular weight is 404 g/mol. The topological polar surface area (TPSA) is 61.3 Å². The molecule has 1 aliphatic rings. The van der Waals surface area contributed by atoms with Crippen molar-refractivity contribution in [2.24, 2.45) is 0 Å². The number of hydrogen-bond acceptors (Lipinski definition) is 7. The molecule has 0 spiro atoms. The minimum atomic E-state index is 0.700. The smallest absolute Gasteiger partial charge is 0.180 e. The van der Waals surface area contributed by atoms with Gasteiger partial charge in [-0.25, -0.2) is 15.0 Å². The third-order valence-corrected chi connectivity index (χ3v) is 5.26. The van der Waals surface area contributed by atoms with Crippen LogP contribution < -0.4 is 9.80 Å². The highest BCUT2D eigenvalue weighted by Gasteiger charge is 2.20. The molecule has 30 heavy (non-hydrogen) atoms. The van der Waals surface area contributed by atoms with Crippen LogP contribution in [0.3, 0.4) is 0 Å². The van der Waals surface area contributed by atoms with Crippen LogP contribution in [0.15, 0.2) is 48.8 Å². The van der Waals surface area contributed by atoms with Crippen molar-refractivity contribution in [2.75, 3.05) is 50.1 Å². The summed E-state index contributed by atoms with van der Waals surface area (Å²) in [5.41, 5.74) is 3.09. The predicted molar refractivity (Wildman–Crippen MR) is 121 cm³/mol. The first-order valence-corrected chi connectivity index (χ1v) is 10.5. The first-order valence-electron chi connectivity index (χ1n) is 10.5. The normalized spacial score (nSPS) is 14.4. The molecule has 4 rings (SSSR count). The van der Waals surface area contributed by atoms with E-state index in [1.165, 1.54) is 5.56 Å². The minimum absolute atomic E-state index is 0.700. The van der Waals surface area contributed by atoms with Crippen LogP contribution in [-0.2, 0) is 13.0 Å². The molecule has 0 atom stereocenters. The maximum absolute atomic E-state index is 4.83. The van der Waals surface area contributed by atoms with E-state index in [1.54, 1.807) is 6.20 Å². The number of aryl methyl sites for hydroxylation is 1. The highest BCUT2D eigenvalue weighted by atomic mass is 15.3. The van der Waals surface area contributed by atoms with Crippen molar-refractivity contribution in [2.45, 2.75) is 19.9 Å². The van der Waals surface area contributed by atoms with Crippen molar-refractivity contribution in [3.8, 4) is 11.5 Å². The van der Waals surface area contributed by atoms with Crippen LogP contribution in [0.4, 0.5) is 11.6 Å². The second-order valence-corrected chi connectivity index (χ2v) is 7.85. The van der Waals surface area contributed by atoms with Gasteiger partial charge in [0.1, 0.15) is 17.3 Å². The second kappa shape index (κ2) is 9.17. The van der Waals surface area contributed by atoms with Gasteiger partial charge in [-0.05, 0) is 44.3 Å². The van der Waals surface area contributed by atoms with Gasteiger partial charge in [-0.3, -0.25) is 4.98 Å². The number of anilines is 2. The lowest BCUT2D eigenvalue weighted by Crippen LogP contribution is -2.47. The Morgan fingerprint density at radius 1 is 0.900 bits per heavy atom. The molecule has 3 aromatic rings. The number of pyridine rings is 2. The molecule has 4 heterocycles. The molecular formula is C23H29N7. The molecule has 0 aromatic carbocycles. The lowest BCUT2D eigenvalue weighted by atomic mass is 10.2. The first-order chi connectivity index (χ1) is 14.6. The molecule has 1 fully saturated rings. The van der Waals surface area contributed by atoms with E-state index in [0.29, 0.717) is 5.82 Å². The molecule has 0 saturated carbocycles. The standard InChI is InChI=1S/C23H29N7/c1-4-19-15-22(27-23(26-19)20-7-5-6-10-24-20)30-13-11-29(12-14-30)21-9-8-18(16-25-21)17-28(2)3/h5-10,15-16H,4,11-14,17H2,1-3H3. The fourth-order valence-corrected chi connectivity index (χ4v) is 3.66. The zero-order valence-electron chi connectivity index (χ0n) is 18.0. The Kier molecular flexibility index (Phi) is 6.18. The highest BCUT2D eigenvalue weighted by Crippen LogP contribution is 2.22. The Bertz CT molecular complexity index is 949. The molecule has 1 aliphatic heterocycles. The third-order valence-electron chi connectivity index (χ3n) is 5.26. The van der Waals surface area contributed by atoms with Gasteiger partial charge in [0.2, 0.25) is 0 Å². The van der Waals surface area contributed by atoms with E-state index in [4.69, 9.17) is 4.98 Å². The van der Waals surface area contributed by atoms with Gasteiger partial charge in [0.15, 0.2) is 5.82 Å². The molecule has 0 radical (unpaired) electrons. The highest BCUT2D eigenvalue weighted by molar-refractivity contribution is 5.54. The summed E-state index contributed by atoms with van der Waals surface area (Å²) < 4.78 is 0. The van der Waals surface area contributed by atoms with Crippen LogP contribution in [-0.4, -0.2) is 65.1 Å². The molecule has 156 valence electrons. The molecule has 1 saturated heterocycles. The van der Waals surface area contributed by atoms with Gasteiger partial charge in [-0.2, -0.15) is 0 Å². The molecule has 0 unspecified atom stereocenters. The molecule has 7 heteroatoms. The monoisotopic (exact) mass is 403 g/mol. The van der Waals surface area contributed by atoms with Gasteiger partial charge in [0.05, 0.1) is 0 Å². The van der Waals surface area contributed by atoms with E-state index in [1.807, 2.05) is 24.4 Å². The Hall–Kier alpha value is -3.06. The summed E-state index contributed by atoms with van der Waals surface area (Å²) in [5.74, 6) is 2.73. The fourth-order valence-electron chi connectivity index (χ4n) is 3.66. The van der Waals surface area contributed by atoms with Crippen molar-refractivity contribution < 1.29 is 0 Å². The summed E-state index contributed by atoms with van der Waals surface area (Å²) in [6.45, 7) is 6.69. The van der Waals surface area contributed by atoms with Crippen molar-refractivity contribution in [1.82, 2.24) is 24.8 Å². The molecule has 0 aliphatic carbocycles. The van der Waals surface area contributed by atoms with Crippen LogP contribution in [0.1, 0.15) is 18.2 Å². The second-order valence-electron chi connectivity index (χ2n) is 7.85. The van der Waals surface area contributed by atoms with Gasteiger partial charge in [-0.1, -0.05) is 19.1 Å². The van der Waals surface area contributed by atoms with E-state index < -0.39 is 0 Å². The summed E-state index contributed by atoms with van der Waals surface area (Å²) in [6, 6.07) is 12.3. The fraction of sp³-hybridized carbons (Fsp3) is 0.391. The van der Waals surface area contributed by atoms with Gasteiger partial charge >= 0.3 is 0 Å². The Morgan fingerprint density at radius 3 is 2.27 bits per heavy atom. The summed E-state index contributed by atoms with van der Waals surface area (Å²) >= 11 is 0. The van der Waals surface area contributed by atoms with Crippen molar-refractivity contribution in [3.63, 3.8) is 0 Å². The van der Waals surface area contributed by atoms with Crippen molar-refractivity contribution in [1.29, 1.82) is 0 Å². The molecule has 0 bridgehead atoms. The maximum Gasteiger partial charge on any atom is 0.180 e. The van der Waals surface area contributed by atoms with Crippen LogP contribution in [0.2, 0.25) is 0 Å². The molecule has 7 nitrogen and oxygen atoms in total. The van der Waals surface area contributed by atoms with Gasteiger partial charge < -0.3 is 14.7 Å². The van der Waals surface area contributed by atoms with Crippen LogP contribution in [0, 0.1) is 0 Å². The van der Waals surface area contributed by atoms with E-state index in [2.05, 4.69) is 68.9 Å². The largest absolute Gasteiger partial charge is 0.353 e. The number of rotatable bonds is 6. The number of piperazine rings is 1. The lowest BCUT2D eigenvalue weighted by Gasteiger charge is -2.36. The Labute approximate surface area is 178 Å². The van der Waals surface area contributed by atoms with E-state index in [0.717, 1.165) is 62.2 Å². The summed E-state index contributed by atoms with van der Waals surface area (Å²) in [6.07, 6.45) is 4.64. The summed E-state index contributed by atoms with van der Waals surface area (Å²) in [7, 11) is 4.15. The summed E-state index contributed by atoms with van der Waals surface area (Å²) in [4.78, 5) is 25.5. The van der Waals surface area contributed by atoms with Gasteiger partial charge in [-0.15, -0.1) is 0 Å². The Balaban J connectivity index is 1.46. The van der Waals surface area contributed by atoms with E-state index in [9.17, 15) is 0 Å². The Morgan fingerprint density at radius 2 is 1.67 bits per heavy atom. The molecular weight excluding hydrogens is 374 g/mol. The van der Waals surface area contributed by atoms with Crippen LogP contribution in [0.25, 0.3) is 11.5 Å². The van der Waals surface area contributed by atoms with Crippen LogP contribution >= 0.6 is 0 Å². The number of nitrogens with zero attached hydrogens (tertiary/aromatic N) is 7. The van der Waals surface area contributed by atoms with Crippen LogP contribution in [0.5, 0.6) is 0 Å². The molecule has 0 N–H and O–H groups in total. The quantitative estimate of drug-likeness (QED) is 0.627. The summed E-state index contributed by atoms with van der Waals surface area (Å²) in [5, 5.41) is 0. The van der Waals surface area contributed by atoms with Gasteiger partial charge in [0, 0.05) is 56.9 Å². The predicted octanol–water partition coefficient (Wildman–Crippen LogP) is 2.88. The zero-order valence-corrected chi connectivity index (χ0v) is 18.0. The SMILES string of the molecule is CCc1cc(N2CCN(c3ccc(CN(C)C)cn3)CC2)nc(-c2ccccn2)n1. The van der Waals surface area contributed by atoms with Crippen molar-refractivity contribution in [3.05, 3.63) is 60.0 Å². The van der Waals surface area contributed by atoms with Crippen molar-refractivity contribution >= 4 is 11.6 Å². The number of hydrogen-bond donors (Lipinski definition) is 0. The maximum atomic E-state index is 4.83. The minimum Gasteiger partial charge on any atom is -0.353 e. The lowest BCUT2D eigenvalue weighted by molar-refractivity contribution is 0.402. The molecule has 3 aromatic heterocycles. The van der Waals surface area contributed by atoms with E-state index in [-0.39, 0.29) is 0 Å². The van der Waals surface area contributed by atoms with Gasteiger partial charge in [0.25, 0.3) is 0 Å². The third kappa shape index (κ3) is 4.74. The zero-order chi connectivity index (χ0) is 20.9. The number of aromatic nitrogens is 4. The van der Waals surface area contributed by atoms with E-state index >= 15 is 0 Å². The molecule has 0 amide bonds.